The Morgan fingerprint density at radius 2 is 2.21 bits per heavy atom. The number of nitrogens with one attached hydrogen (secondary N) is 2. The molecule has 1 atom stereocenters. The number of nitrogens with zero attached hydrogens (tertiary/aromatic N) is 2. The second-order valence-corrected chi connectivity index (χ2v) is 4.06. The first-order valence-electron chi connectivity index (χ1n) is 5.44. The third-order valence-electron chi connectivity index (χ3n) is 3.18. The SMILES string of the molecule is CNC(c1cn[nH]n1)C1CCCCC1. The molecule has 1 heterocycles. The van der Waals surface area contributed by atoms with E-state index in [2.05, 4.69) is 20.7 Å². The summed E-state index contributed by atoms with van der Waals surface area (Å²) >= 11 is 0. The molecular formula is C10H18N4. The summed E-state index contributed by atoms with van der Waals surface area (Å²) in [5.74, 6) is 0.735. The highest BCUT2D eigenvalue weighted by Gasteiger charge is 2.25. The summed E-state index contributed by atoms with van der Waals surface area (Å²) in [6.45, 7) is 0. The van der Waals surface area contributed by atoms with Crippen molar-refractivity contribution in [1.82, 2.24) is 20.7 Å². The van der Waals surface area contributed by atoms with Gasteiger partial charge in [0, 0.05) is 0 Å². The topological polar surface area (TPSA) is 53.6 Å². The summed E-state index contributed by atoms with van der Waals surface area (Å²) < 4.78 is 0. The lowest BCUT2D eigenvalue weighted by Gasteiger charge is -2.28. The highest BCUT2D eigenvalue weighted by molar-refractivity contribution is 5.02. The van der Waals surface area contributed by atoms with Crippen LogP contribution in [0.25, 0.3) is 0 Å². The van der Waals surface area contributed by atoms with Gasteiger partial charge in [-0.2, -0.15) is 15.4 Å². The van der Waals surface area contributed by atoms with Crippen molar-refractivity contribution in [2.75, 3.05) is 7.05 Å². The van der Waals surface area contributed by atoms with E-state index in [9.17, 15) is 0 Å². The lowest BCUT2D eigenvalue weighted by molar-refractivity contribution is 0.278. The first kappa shape index (κ1) is 9.65. The van der Waals surface area contributed by atoms with Gasteiger partial charge in [0.1, 0.15) is 0 Å². The Morgan fingerprint density at radius 1 is 1.43 bits per heavy atom. The number of rotatable bonds is 3. The van der Waals surface area contributed by atoms with Crippen LogP contribution in [0.15, 0.2) is 6.20 Å². The van der Waals surface area contributed by atoms with Gasteiger partial charge in [0.05, 0.1) is 17.9 Å². The molecule has 0 bridgehead atoms. The van der Waals surface area contributed by atoms with E-state index in [-0.39, 0.29) is 0 Å². The molecule has 0 spiro atoms. The summed E-state index contributed by atoms with van der Waals surface area (Å²) in [5, 5.41) is 14.1. The highest BCUT2D eigenvalue weighted by Crippen LogP contribution is 2.32. The van der Waals surface area contributed by atoms with Crippen LogP contribution in [0.3, 0.4) is 0 Å². The van der Waals surface area contributed by atoms with Crippen molar-refractivity contribution < 1.29 is 0 Å². The molecule has 1 saturated carbocycles. The standard InChI is InChI=1S/C10H18N4/c1-11-10(9-7-12-14-13-9)8-5-3-2-4-6-8/h7-8,10-11H,2-6H2,1H3,(H,12,13,14). The minimum Gasteiger partial charge on any atom is -0.311 e. The molecule has 1 fully saturated rings. The van der Waals surface area contributed by atoms with Gasteiger partial charge in [0.15, 0.2) is 0 Å². The van der Waals surface area contributed by atoms with E-state index in [1.54, 1.807) is 0 Å². The highest BCUT2D eigenvalue weighted by atomic mass is 15.3. The first-order valence-corrected chi connectivity index (χ1v) is 5.44. The van der Waals surface area contributed by atoms with Gasteiger partial charge in [-0.1, -0.05) is 19.3 Å². The molecule has 1 unspecified atom stereocenters. The van der Waals surface area contributed by atoms with E-state index in [1.165, 1.54) is 32.1 Å². The van der Waals surface area contributed by atoms with Gasteiger partial charge < -0.3 is 5.32 Å². The Labute approximate surface area is 84.5 Å². The Balaban J connectivity index is 2.04. The van der Waals surface area contributed by atoms with Crippen molar-refractivity contribution in [1.29, 1.82) is 0 Å². The van der Waals surface area contributed by atoms with Crippen molar-refractivity contribution in [2.24, 2.45) is 5.92 Å². The van der Waals surface area contributed by atoms with Crippen molar-refractivity contribution in [3.8, 4) is 0 Å². The monoisotopic (exact) mass is 194 g/mol. The molecule has 0 saturated heterocycles. The molecule has 0 radical (unpaired) electrons. The largest absolute Gasteiger partial charge is 0.311 e. The molecule has 1 aromatic rings. The van der Waals surface area contributed by atoms with Crippen LogP contribution in [0.1, 0.15) is 43.8 Å². The minimum atomic E-state index is 0.383. The molecule has 78 valence electrons. The second-order valence-electron chi connectivity index (χ2n) is 4.06. The van der Waals surface area contributed by atoms with Gasteiger partial charge in [-0.25, -0.2) is 0 Å². The molecule has 0 aliphatic heterocycles. The van der Waals surface area contributed by atoms with Crippen LogP contribution >= 0.6 is 0 Å². The Hall–Kier alpha value is -0.900. The average molecular weight is 194 g/mol. The zero-order chi connectivity index (χ0) is 9.80. The van der Waals surface area contributed by atoms with E-state index < -0.39 is 0 Å². The van der Waals surface area contributed by atoms with Crippen molar-refractivity contribution in [2.45, 2.75) is 38.1 Å². The van der Waals surface area contributed by atoms with Crippen LogP contribution in [0.2, 0.25) is 0 Å². The summed E-state index contributed by atoms with van der Waals surface area (Å²) in [5.41, 5.74) is 1.06. The van der Waals surface area contributed by atoms with E-state index in [0.717, 1.165) is 11.6 Å². The van der Waals surface area contributed by atoms with Crippen LogP contribution in [0, 0.1) is 5.92 Å². The van der Waals surface area contributed by atoms with Gasteiger partial charge in [-0.15, -0.1) is 0 Å². The van der Waals surface area contributed by atoms with E-state index in [1.807, 2.05) is 13.2 Å². The molecule has 14 heavy (non-hydrogen) atoms. The van der Waals surface area contributed by atoms with Crippen molar-refractivity contribution in [3.63, 3.8) is 0 Å². The Kier molecular flexibility index (Phi) is 3.14. The smallest absolute Gasteiger partial charge is 0.0996 e. The summed E-state index contributed by atoms with van der Waals surface area (Å²) in [7, 11) is 2.01. The van der Waals surface area contributed by atoms with E-state index in [0.29, 0.717) is 6.04 Å². The van der Waals surface area contributed by atoms with Gasteiger partial charge in [-0.05, 0) is 25.8 Å². The summed E-state index contributed by atoms with van der Waals surface area (Å²) in [6.07, 6.45) is 8.58. The lowest BCUT2D eigenvalue weighted by atomic mass is 9.83. The number of hydrogen-bond donors (Lipinski definition) is 2. The number of H-pyrrole nitrogens is 1. The molecule has 0 amide bonds. The third-order valence-corrected chi connectivity index (χ3v) is 3.18. The maximum Gasteiger partial charge on any atom is 0.0996 e. The maximum absolute atomic E-state index is 4.16. The first-order chi connectivity index (χ1) is 6.92. The van der Waals surface area contributed by atoms with E-state index >= 15 is 0 Å². The average Bonchev–Trinajstić information content (AvgIpc) is 2.74. The molecule has 4 nitrogen and oxygen atoms in total. The van der Waals surface area contributed by atoms with Gasteiger partial charge in [-0.3, -0.25) is 0 Å². The number of hydrogen-bond acceptors (Lipinski definition) is 3. The molecule has 2 rings (SSSR count). The number of aromatic nitrogens is 3. The van der Waals surface area contributed by atoms with Crippen LogP contribution in [0.5, 0.6) is 0 Å². The lowest BCUT2D eigenvalue weighted by Crippen LogP contribution is -2.27. The molecule has 1 aromatic heterocycles. The molecule has 1 aliphatic rings. The fourth-order valence-electron chi connectivity index (χ4n) is 2.45. The summed E-state index contributed by atoms with van der Waals surface area (Å²) in [4.78, 5) is 0. The third kappa shape index (κ3) is 1.95. The van der Waals surface area contributed by atoms with Crippen LogP contribution in [0.4, 0.5) is 0 Å². The van der Waals surface area contributed by atoms with Crippen molar-refractivity contribution >= 4 is 0 Å². The Morgan fingerprint density at radius 3 is 2.79 bits per heavy atom. The van der Waals surface area contributed by atoms with Crippen LogP contribution in [-0.2, 0) is 0 Å². The van der Waals surface area contributed by atoms with E-state index in [4.69, 9.17) is 0 Å². The molecular weight excluding hydrogens is 176 g/mol. The fourth-order valence-corrected chi connectivity index (χ4v) is 2.45. The zero-order valence-electron chi connectivity index (χ0n) is 8.66. The predicted molar refractivity (Wildman–Crippen MR) is 54.8 cm³/mol. The zero-order valence-corrected chi connectivity index (χ0v) is 8.66. The molecule has 1 aliphatic carbocycles. The second kappa shape index (κ2) is 4.55. The van der Waals surface area contributed by atoms with Gasteiger partial charge in [0.25, 0.3) is 0 Å². The molecule has 0 aromatic carbocycles. The van der Waals surface area contributed by atoms with Crippen LogP contribution < -0.4 is 5.32 Å². The van der Waals surface area contributed by atoms with Gasteiger partial charge in [0.2, 0.25) is 0 Å². The fraction of sp³-hybridized carbons (Fsp3) is 0.800. The van der Waals surface area contributed by atoms with Crippen LogP contribution in [-0.4, -0.2) is 22.5 Å². The number of aromatic amines is 1. The normalized spacial score (nSPS) is 20.9. The van der Waals surface area contributed by atoms with Gasteiger partial charge >= 0.3 is 0 Å². The Bertz CT molecular complexity index is 251. The maximum atomic E-state index is 4.16. The predicted octanol–water partition coefficient (Wildman–Crippen LogP) is 1.65. The molecule has 4 heteroatoms. The van der Waals surface area contributed by atoms with Crippen molar-refractivity contribution in [3.05, 3.63) is 11.9 Å². The minimum absolute atomic E-state index is 0.383. The summed E-state index contributed by atoms with van der Waals surface area (Å²) in [6, 6.07) is 0.383. The quantitative estimate of drug-likeness (QED) is 0.769. The molecule has 2 N–H and O–H groups in total.